The molecule has 1 saturated heterocycles. The summed E-state index contributed by atoms with van der Waals surface area (Å²) in [7, 11) is 1.88. The van der Waals surface area contributed by atoms with Crippen LogP contribution in [-0.4, -0.2) is 41.2 Å². The molecule has 4 nitrogen and oxygen atoms in total. The molecule has 2 fully saturated rings. The van der Waals surface area contributed by atoms with Gasteiger partial charge in [-0.15, -0.1) is 0 Å². The molecule has 0 bridgehead atoms. The Kier molecular flexibility index (Phi) is 5.05. The maximum absolute atomic E-state index is 5.83. The molecule has 2 aliphatic rings. The van der Waals surface area contributed by atoms with Gasteiger partial charge >= 0.3 is 0 Å². The van der Waals surface area contributed by atoms with E-state index in [1.54, 1.807) is 0 Å². The zero-order valence-electron chi connectivity index (χ0n) is 15.9. The highest BCUT2D eigenvalue weighted by Crippen LogP contribution is 2.46. The molecule has 0 N–H and O–H groups in total. The summed E-state index contributed by atoms with van der Waals surface area (Å²) in [6, 6.07) is 8.36. The highest BCUT2D eigenvalue weighted by molar-refractivity contribution is 5.55. The number of rotatable bonds is 4. The highest BCUT2D eigenvalue weighted by atomic mass is 16.5. The molecule has 1 aliphatic carbocycles. The van der Waals surface area contributed by atoms with Crippen LogP contribution in [0, 0.1) is 12.3 Å². The molecule has 0 amide bonds. The number of aromatic nitrogens is 2. The molecule has 1 aromatic heterocycles. The topological polar surface area (TPSA) is 38.2 Å². The van der Waals surface area contributed by atoms with Crippen LogP contribution in [0.25, 0.3) is 11.4 Å². The fraction of sp³-hybridized carbons (Fsp3) is 0.545. The van der Waals surface area contributed by atoms with E-state index in [1.807, 2.05) is 19.5 Å². The first kappa shape index (κ1) is 17.6. The lowest BCUT2D eigenvalue weighted by Gasteiger charge is -2.43. The zero-order chi connectivity index (χ0) is 18.0. The Hall–Kier alpha value is -1.78. The molecule has 4 rings (SSSR count). The van der Waals surface area contributed by atoms with Crippen molar-refractivity contribution >= 4 is 0 Å². The summed E-state index contributed by atoms with van der Waals surface area (Å²) in [5, 5.41) is 0. The van der Waals surface area contributed by atoms with E-state index in [9.17, 15) is 0 Å². The van der Waals surface area contributed by atoms with Crippen LogP contribution < -0.4 is 0 Å². The molecule has 2 atom stereocenters. The van der Waals surface area contributed by atoms with Gasteiger partial charge in [-0.1, -0.05) is 30.2 Å². The van der Waals surface area contributed by atoms with E-state index >= 15 is 0 Å². The van der Waals surface area contributed by atoms with Gasteiger partial charge in [0.05, 0.1) is 6.10 Å². The van der Waals surface area contributed by atoms with Gasteiger partial charge < -0.3 is 4.74 Å². The Bertz CT molecular complexity index is 745. The number of ether oxygens (including phenoxy) is 1. The predicted octanol–water partition coefficient (Wildman–Crippen LogP) is 4.23. The second kappa shape index (κ2) is 7.45. The summed E-state index contributed by atoms with van der Waals surface area (Å²) in [4.78, 5) is 11.8. The lowest BCUT2D eigenvalue weighted by atomic mass is 9.76. The summed E-state index contributed by atoms with van der Waals surface area (Å²) >= 11 is 0. The molecule has 1 aliphatic heterocycles. The Morgan fingerprint density at radius 1 is 1.19 bits per heavy atom. The third-order valence-corrected chi connectivity index (χ3v) is 6.18. The maximum atomic E-state index is 5.83. The van der Waals surface area contributed by atoms with Crippen molar-refractivity contribution in [3.05, 3.63) is 47.8 Å². The van der Waals surface area contributed by atoms with Gasteiger partial charge in [0.1, 0.15) is 0 Å². The van der Waals surface area contributed by atoms with Gasteiger partial charge in [0.25, 0.3) is 0 Å². The number of likely N-dealkylation sites (tertiary alicyclic amines) is 1. The van der Waals surface area contributed by atoms with E-state index in [-0.39, 0.29) is 0 Å². The molecule has 0 radical (unpaired) electrons. The predicted molar refractivity (Wildman–Crippen MR) is 104 cm³/mol. The second-order valence-electron chi connectivity index (χ2n) is 8.08. The standard InChI is InChI=1S/C22H29N3O/c1-17-6-3-7-19(12-17)21-23-13-18(14-24-21)15-25-11-5-10-22(16-25)9-4-8-20(22)26-2/h3,6-7,12-14,20H,4-5,8-11,15-16H2,1-2H3/t20-,22+/m1/s1. The summed E-state index contributed by atoms with van der Waals surface area (Å²) in [6.07, 6.45) is 10.8. The minimum atomic E-state index is 0.370. The van der Waals surface area contributed by atoms with Crippen LogP contribution in [0.2, 0.25) is 0 Å². The molecule has 138 valence electrons. The number of aryl methyl sites for hydroxylation is 1. The number of hydrogen-bond donors (Lipinski definition) is 0. The summed E-state index contributed by atoms with van der Waals surface area (Å²) in [6.45, 7) is 5.34. The van der Waals surface area contributed by atoms with E-state index in [2.05, 4.69) is 46.1 Å². The first-order valence-electron chi connectivity index (χ1n) is 9.82. The largest absolute Gasteiger partial charge is 0.381 e. The highest BCUT2D eigenvalue weighted by Gasteiger charge is 2.45. The van der Waals surface area contributed by atoms with Crippen molar-refractivity contribution in [2.75, 3.05) is 20.2 Å². The Morgan fingerprint density at radius 2 is 2.00 bits per heavy atom. The average Bonchev–Trinajstić information content (AvgIpc) is 3.04. The quantitative estimate of drug-likeness (QED) is 0.826. The first-order chi connectivity index (χ1) is 12.7. The summed E-state index contributed by atoms with van der Waals surface area (Å²) < 4.78 is 5.83. The van der Waals surface area contributed by atoms with Gasteiger partial charge in [-0.2, -0.15) is 0 Å². The molecule has 1 spiro atoms. The van der Waals surface area contributed by atoms with Crippen molar-refractivity contribution in [1.29, 1.82) is 0 Å². The van der Waals surface area contributed by atoms with Gasteiger partial charge in [0, 0.05) is 49.1 Å². The van der Waals surface area contributed by atoms with Crippen molar-refractivity contribution in [2.45, 2.75) is 51.7 Å². The smallest absolute Gasteiger partial charge is 0.159 e. The van der Waals surface area contributed by atoms with E-state index in [0.717, 1.165) is 31.0 Å². The fourth-order valence-electron chi connectivity index (χ4n) is 4.96. The van der Waals surface area contributed by atoms with Crippen molar-refractivity contribution in [1.82, 2.24) is 14.9 Å². The third-order valence-electron chi connectivity index (χ3n) is 6.18. The van der Waals surface area contributed by atoms with Crippen molar-refractivity contribution < 1.29 is 4.74 Å². The average molecular weight is 351 g/mol. The summed E-state index contributed by atoms with van der Waals surface area (Å²) in [5.74, 6) is 0.808. The van der Waals surface area contributed by atoms with Crippen LogP contribution in [0.4, 0.5) is 0 Å². The molecular weight excluding hydrogens is 322 g/mol. The Labute approximate surface area is 156 Å². The number of hydrogen-bond acceptors (Lipinski definition) is 4. The maximum Gasteiger partial charge on any atom is 0.159 e. The molecule has 1 aromatic carbocycles. The van der Waals surface area contributed by atoms with E-state index < -0.39 is 0 Å². The van der Waals surface area contributed by atoms with Crippen LogP contribution in [0.1, 0.15) is 43.2 Å². The van der Waals surface area contributed by atoms with Crippen molar-refractivity contribution in [2.24, 2.45) is 5.41 Å². The zero-order valence-corrected chi connectivity index (χ0v) is 15.9. The summed E-state index contributed by atoms with van der Waals surface area (Å²) in [5.41, 5.74) is 3.89. The van der Waals surface area contributed by atoms with E-state index in [4.69, 9.17) is 4.74 Å². The lowest BCUT2D eigenvalue weighted by Crippen LogP contribution is -2.47. The normalized spacial score (nSPS) is 26.5. The second-order valence-corrected chi connectivity index (χ2v) is 8.08. The van der Waals surface area contributed by atoms with E-state index in [1.165, 1.54) is 43.2 Å². The van der Waals surface area contributed by atoms with Crippen molar-refractivity contribution in [3.63, 3.8) is 0 Å². The number of methoxy groups -OCH3 is 1. The molecular formula is C22H29N3O. The minimum absolute atomic E-state index is 0.370. The molecule has 0 unspecified atom stereocenters. The number of benzene rings is 1. The van der Waals surface area contributed by atoms with Gasteiger partial charge in [-0.05, 0) is 45.2 Å². The molecule has 2 aromatic rings. The van der Waals surface area contributed by atoms with Crippen LogP contribution in [-0.2, 0) is 11.3 Å². The van der Waals surface area contributed by atoms with Gasteiger partial charge in [0.15, 0.2) is 5.82 Å². The van der Waals surface area contributed by atoms with E-state index in [0.29, 0.717) is 11.5 Å². The van der Waals surface area contributed by atoms with Gasteiger partial charge in [-0.25, -0.2) is 9.97 Å². The van der Waals surface area contributed by atoms with Crippen LogP contribution >= 0.6 is 0 Å². The molecule has 2 heterocycles. The Morgan fingerprint density at radius 3 is 2.77 bits per heavy atom. The molecule has 1 saturated carbocycles. The first-order valence-corrected chi connectivity index (χ1v) is 9.82. The van der Waals surface area contributed by atoms with Crippen LogP contribution in [0.3, 0.4) is 0 Å². The SMILES string of the molecule is CO[C@@H]1CCC[C@@]12CCCN(Cc1cnc(-c3cccc(C)c3)nc1)C2. The fourth-order valence-corrected chi connectivity index (χ4v) is 4.96. The third kappa shape index (κ3) is 3.53. The number of nitrogens with zero attached hydrogens (tertiary/aromatic N) is 3. The Balaban J connectivity index is 1.44. The van der Waals surface area contributed by atoms with Gasteiger partial charge in [0.2, 0.25) is 0 Å². The van der Waals surface area contributed by atoms with Crippen LogP contribution in [0.5, 0.6) is 0 Å². The lowest BCUT2D eigenvalue weighted by molar-refractivity contribution is -0.0366. The number of piperidine rings is 1. The van der Waals surface area contributed by atoms with Crippen molar-refractivity contribution in [3.8, 4) is 11.4 Å². The molecule has 4 heteroatoms. The van der Waals surface area contributed by atoms with Crippen LogP contribution in [0.15, 0.2) is 36.7 Å². The monoisotopic (exact) mass is 351 g/mol. The van der Waals surface area contributed by atoms with Gasteiger partial charge in [-0.3, -0.25) is 4.90 Å². The minimum Gasteiger partial charge on any atom is -0.381 e. The molecule has 26 heavy (non-hydrogen) atoms.